The van der Waals surface area contributed by atoms with E-state index in [-0.39, 0.29) is 16.5 Å². The molecule has 21 heavy (non-hydrogen) atoms. The minimum absolute atomic E-state index is 0.161. The van der Waals surface area contributed by atoms with Gasteiger partial charge in [-0.05, 0) is 40.5 Å². The van der Waals surface area contributed by atoms with Gasteiger partial charge in [-0.1, -0.05) is 13.3 Å². The van der Waals surface area contributed by atoms with E-state index in [1.54, 1.807) is 6.92 Å². The van der Waals surface area contributed by atoms with Gasteiger partial charge >= 0.3 is 12.1 Å². The van der Waals surface area contributed by atoms with E-state index in [9.17, 15) is 22.8 Å². The second kappa shape index (κ2) is 6.93. The molecule has 0 heterocycles. The van der Waals surface area contributed by atoms with Crippen LogP contribution in [-0.2, 0) is 11.0 Å². The number of benzene rings is 1. The first-order chi connectivity index (χ1) is 9.66. The summed E-state index contributed by atoms with van der Waals surface area (Å²) in [5.41, 5.74) is -1.23. The molecule has 2 N–H and O–H groups in total. The molecule has 0 aliphatic rings. The molecule has 1 rings (SSSR count). The predicted octanol–water partition coefficient (Wildman–Crippen LogP) is 3.45. The normalized spacial score (nSPS) is 12.8. The van der Waals surface area contributed by atoms with Crippen molar-refractivity contribution in [1.82, 2.24) is 5.32 Å². The summed E-state index contributed by atoms with van der Waals surface area (Å²) in [6.07, 6.45) is -3.87. The summed E-state index contributed by atoms with van der Waals surface area (Å²) in [4.78, 5) is 22.9. The Morgan fingerprint density at radius 3 is 2.48 bits per heavy atom. The van der Waals surface area contributed by atoms with Crippen LogP contribution in [0.1, 0.15) is 35.7 Å². The molecule has 0 aromatic heterocycles. The highest BCUT2D eigenvalue weighted by Crippen LogP contribution is 2.31. The number of nitrogens with one attached hydrogen (secondary N) is 1. The van der Waals surface area contributed by atoms with Crippen LogP contribution in [0.5, 0.6) is 0 Å². The van der Waals surface area contributed by atoms with Gasteiger partial charge in [-0.3, -0.25) is 4.79 Å². The Labute approximate surface area is 127 Å². The second-order valence-corrected chi connectivity index (χ2v) is 5.20. The van der Waals surface area contributed by atoms with E-state index in [0.29, 0.717) is 12.5 Å². The molecule has 0 aliphatic heterocycles. The van der Waals surface area contributed by atoms with Crippen molar-refractivity contribution >= 4 is 27.8 Å². The number of carbonyl (C=O) groups is 2. The monoisotopic (exact) mass is 367 g/mol. The Morgan fingerprint density at radius 1 is 1.38 bits per heavy atom. The fraction of sp³-hybridized carbons (Fsp3) is 0.385. The Balaban J connectivity index is 3.04. The second-order valence-electron chi connectivity index (χ2n) is 4.35. The Bertz CT molecular complexity index is 546. The minimum atomic E-state index is -4.58. The van der Waals surface area contributed by atoms with E-state index in [1.807, 2.05) is 0 Å². The summed E-state index contributed by atoms with van der Waals surface area (Å²) in [6, 6.07) is 1.49. The zero-order valence-electron chi connectivity index (χ0n) is 11.0. The third-order valence-electron chi connectivity index (χ3n) is 2.72. The number of halogens is 4. The summed E-state index contributed by atoms with van der Waals surface area (Å²) in [5, 5.41) is 11.2. The molecule has 1 atom stereocenters. The number of carbonyl (C=O) groups excluding carboxylic acids is 1. The molecule has 0 bridgehead atoms. The predicted molar refractivity (Wildman–Crippen MR) is 72.9 cm³/mol. The summed E-state index contributed by atoms with van der Waals surface area (Å²) in [5.74, 6) is -2.10. The van der Waals surface area contributed by atoms with Crippen molar-refractivity contribution in [2.45, 2.75) is 32.0 Å². The van der Waals surface area contributed by atoms with Gasteiger partial charge in [0.1, 0.15) is 6.04 Å². The summed E-state index contributed by atoms with van der Waals surface area (Å²) < 4.78 is 38.1. The number of aliphatic carboxylic acids is 1. The van der Waals surface area contributed by atoms with Crippen LogP contribution >= 0.6 is 15.9 Å². The molecular weight excluding hydrogens is 355 g/mol. The van der Waals surface area contributed by atoms with Crippen LogP contribution < -0.4 is 5.32 Å². The van der Waals surface area contributed by atoms with Crippen LogP contribution in [-0.4, -0.2) is 23.0 Å². The first kappa shape index (κ1) is 17.5. The Kier molecular flexibility index (Phi) is 5.77. The van der Waals surface area contributed by atoms with E-state index < -0.39 is 29.7 Å². The molecule has 0 saturated carbocycles. The van der Waals surface area contributed by atoms with Crippen LogP contribution in [0.3, 0.4) is 0 Å². The lowest BCUT2D eigenvalue weighted by Gasteiger charge is -2.15. The van der Waals surface area contributed by atoms with Crippen LogP contribution in [0.2, 0.25) is 0 Å². The lowest BCUT2D eigenvalue weighted by atomic mass is 10.1. The maximum absolute atomic E-state index is 12.6. The maximum Gasteiger partial charge on any atom is 0.416 e. The molecule has 116 valence electrons. The number of hydrogen-bond acceptors (Lipinski definition) is 2. The molecule has 0 spiro atoms. The average Bonchev–Trinajstić information content (AvgIpc) is 2.36. The van der Waals surface area contributed by atoms with Crippen LogP contribution in [0, 0.1) is 0 Å². The van der Waals surface area contributed by atoms with Crippen molar-refractivity contribution in [2.75, 3.05) is 0 Å². The maximum atomic E-state index is 12.6. The van der Waals surface area contributed by atoms with Crippen molar-refractivity contribution in [3.05, 3.63) is 33.8 Å². The van der Waals surface area contributed by atoms with Crippen molar-refractivity contribution in [1.29, 1.82) is 0 Å². The highest BCUT2D eigenvalue weighted by Gasteiger charge is 2.32. The third kappa shape index (κ3) is 4.73. The van der Waals surface area contributed by atoms with Crippen LogP contribution in [0.25, 0.3) is 0 Å². The fourth-order valence-corrected chi connectivity index (χ4v) is 2.08. The van der Waals surface area contributed by atoms with Gasteiger partial charge in [0, 0.05) is 4.47 Å². The molecule has 1 unspecified atom stereocenters. The van der Waals surface area contributed by atoms with E-state index >= 15 is 0 Å². The molecule has 0 aliphatic carbocycles. The minimum Gasteiger partial charge on any atom is -0.480 e. The molecule has 8 heteroatoms. The van der Waals surface area contributed by atoms with Gasteiger partial charge in [-0.15, -0.1) is 0 Å². The topological polar surface area (TPSA) is 66.4 Å². The molecule has 4 nitrogen and oxygen atoms in total. The first-order valence-corrected chi connectivity index (χ1v) is 6.86. The SMILES string of the molecule is CCCC(NC(=O)c1cc(C(F)(F)F)ccc1Br)C(=O)O. The van der Waals surface area contributed by atoms with Crippen molar-refractivity contribution in [3.63, 3.8) is 0 Å². The van der Waals surface area contributed by atoms with Gasteiger partial charge in [-0.2, -0.15) is 13.2 Å². The van der Waals surface area contributed by atoms with E-state index in [0.717, 1.165) is 12.1 Å². The molecule has 1 aromatic carbocycles. The van der Waals surface area contributed by atoms with Crippen molar-refractivity contribution in [3.8, 4) is 0 Å². The fourth-order valence-electron chi connectivity index (χ4n) is 1.66. The first-order valence-electron chi connectivity index (χ1n) is 6.07. The van der Waals surface area contributed by atoms with Crippen molar-refractivity contribution < 1.29 is 27.9 Å². The largest absolute Gasteiger partial charge is 0.480 e. The van der Waals surface area contributed by atoms with Crippen molar-refractivity contribution in [2.24, 2.45) is 0 Å². The number of carboxylic acid groups (broad SMARTS) is 1. The summed E-state index contributed by atoms with van der Waals surface area (Å²) in [6.45, 7) is 1.74. The van der Waals surface area contributed by atoms with E-state index in [1.165, 1.54) is 0 Å². The number of rotatable bonds is 5. The molecule has 1 amide bonds. The third-order valence-corrected chi connectivity index (χ3v) is 3.41. The standard InChI is InChI=1S/C13H13BrF3NO3/c1-2-3-10(12(20)21)18-11(19)8-6-7(13(15,16)17)4-5-9(8)14/h4-6,10H,2-3H2,1H3,(H,18,19)(H,20,21). The number of carboxylic acids is 1. The number of amides is 1. The average molecular weight is 368 g/mol. The Hall–Kier alpha value is -1.57. The van der Waals surface area contributed by atoms with Gasteiger partial charge in [0.25, 0.3) is 5.91 Å². The number of alkyl halides is 3. The number of hydrogen-bond donors (Lipinski definition) is 2. The molecule has 0 fully saturated rings. The molecule has 0 saturated heterocycles. The summed E-state index contributed by atoms with van der Waals surface area (Å²) >= 11 is 2.99. The summed E-state index contributed by atoms with van der Waals surface area (Å²) in [7, 11) is 0. The zero-order valence-corrected chi connectivity index (χ0v) is 12.6. The highest BCUT2D eigenvalue weighted by atomic mass is 79.9. The smallest absolute Gasteiger partial charge is 0.416 e. The molecule has 1 aromatic rings. The van der Waals surface area contributed by atoms with Gasteiger partial charge in [0.2, 0.25) is 0 Å². The van der Waals surface area contributed by atoms with Gasteiger partial charge < -0.3 is 10.4 Å². The zero-order chi connectivity index (χ0) is 16.2. The molecular formula is C13H13BrF3NO3. The van der Waals surface area contributed by atoms with Gasteiger partial charge in [-0.25, -0.2) is 4.79 Å². The quantitative estimate of drug-likeness (QED) is 0.837. The Morgan fingerprint density at radius 2 is 2.00 bits per heavy atom. The lowest BCUT2D eigenvalue weighted by molar-refractivity contribution is -0.139. The van der Waals surface area contributed by atoms with E-state index in [4.69, 9.17) is 5.11 Å². The highest BCUT2D eigenvalue weighted by molar-refractivity contribution is 9.10. The lowest BCUT2D eigenvalue weighted by Crippen LogP contribution is -2.40. The molecule has 0 radical (unpaired) electrons. The van der Waals surface area contributed by atoms with Gasteiger partial charge in [0.05, 0.1) is 11.1 Å². The van der Waals surface area contributed by atoms with Crippen LogP contribution in [0.15, 0.2) is 22.7 Å². The van der Waals surface area contributed by atoms with Gasteiger partial charge in [0.15, 0.2) is 0 Å². The van der Waals surface area contributed by atoms with Crippen LogP contribution in [0.4, 0.5) is 13.2 Å². The van der Waals surface area contributed by atoms with E-state index in [2.05, 4.69) is 21.2 Å².